The number of phenolic OH excluding ortho intramolecular Hbond substituents is 2. The van der Waals surface area contributed by atoms with E-state index in [9.17, 15) is 9.90 Å². The Hall–Kier alpha value is -2.69. The van der Waals surface area contributed by atoms with E-state index in [0.29, 0.717) is 24.3 Å². The largest absolute Gasteiger partial charge is 0.508 e. The van der Waals surface area contributed by atoms with Crippen LogP contribution in [0.2, 0.25) is 0 Å². The van der Waals surface area contributed by atoms with Crippen molar-refractivity contribution in [1.29, 1.82) is 0 Å². The van der Waals surface area contributed by atoms with Gasteiger partial charge in [0.05, 0.1) is 13.5 Å². The molecule has 0 bridgehead atoms. The summed E-state index contributed by atoms with van der Waals surface area (Å²) in [7, 11) is 1.52. The molecule has 0 amide bonds. The maximum atomic E-state index is 10.9. The molecule has 5 heteroatoms. The van der Waals surface area contributed by atoms with Crippen molar-refractivity contribution in [1.82, 2.24) is 0 Å². The smallest absolute Gasteiger partial charge is 0.311 e. The fourth-order valence-electron chi connectivity index (χ4n) is 2.07. The van der Waals surface area contributed by atoms with Gasteiger partial charge in [-0.2, -0.15) is 0 Å². The number of para-hydroxylation sites is 2. The minimum atomic E-state index is -0.226. The molecule has 116 valence electrons. The average molecular weight is 302 g/mol. The number of hydrogen-bond donors (Lipinski definition) is 2. The Morgan fingerprint density at radius 1 is 1.09 bits per heavy atom. The first-order chi connectivity index (χ1) is 10.5. The molecule has 22 heavy (non-hydrogen) atoms. The number of fused-ring (bicyclic) bond motifs is 1. The predicted octanol–water partition coefficient (Wildman–Crippen LogP) is 2.95. The van der Waals surface area contributed by atoms with Gasteiger partial charge in [0.2, 0.25) is 0 Å². The van der Waals surface area contributed by atoms with Crippen molar-refractivity contribution >= 4 is 5.97 Å². The van der Waals surface area contributed by atoms with Gasteiger partial charge in [-0.25, -0.2) is 0 Å². The molecule has 2 N–H and O–H groups in total. The fraction of sp³-hybridized carbons (Fsp3) is 0.235. The van der Waals surface area contributed by atoms with Crippen molar-refractivity contribution in [2.24, 2.45) is 0 Å². The first kappa shape index (κ1) is 15.7. The van der Waals surface area contributed by atoms with E-state index >= 15 is 0 Å². The van der Waals surface area contributed by atoms with Crippen molar-refractivity contribution in [3.05, 3.63) is 47.5 Å². The third-order valence-corrected chi connectivity index (χ3v) is 3.29. The van der Waals surface area contributed by atoms with Crippen LogP contribution in [0.5, 0.6) is 23.0 Å². The summed E-state index contributed by atoms with van der Waals surface area (Å²) in [4.78, 5) is 10.9. The molecule has 1 heterocycles. The third-order valence-electron chi connectivity index (χ3n) is 3.29. The van der Waals surface area contributed by atoms with Crippen LogP contribution in [0.3, 0.4) is 0 Å². The van der Waals surface area contributed by atoms with E-state index in [1.807, 2.05) is 13.0 Å². The molecular weight excluding hydrogens is 284 g/mol. The highest BCUT2D eigenvalue weighted by atomic mass is 16.5. The van der Waals surface area contributed by atoms with Gasteiger partial charge in [-0.3, -0.25) is 4.79 Å². The number of carbonyl (C=O) groups is 1. The topological polar surface area (TPSA) is 76.0 Å². The Morgan fingerprint density at radius 3 is 2.45 bits per heavy atom. The van der Waals surface area contributed by atoms with E-state index < -0.39 is 0 Å². The second kappa shape index (κ2) is 6.85. The second-order valence-electron chi connectivity index (χ2n) is 4.89. The summed E-state index contributed by atoms with van der Waals surface area (Å²) in [6, 6.07) is 10.2. The summed E-state index contributed by atoms with van der Waals surface area (Å²) in [5.74, 6) is 1.14. The number of hydrogen-bond acceptors (Lipinski definition) is 5. The van der Waals surface area contributed by atoms with Crippen LogP contribution in [0.4, 0.5) is 0 Å². The summed E-state index contributed by atoms with van der Waals surface area (Å²) in [5, 5.41) is 18.4. The van der Waals surface area contributed by atoms with Gasteiger partial charge < -0.3 is 19.7 Å². The predicted molar refractivity (Wildman–Crippen MR) is 81.5 cm³/mol. The molecule has 3 rings (SSSR count). The molecule has 0 radical (unpaired) electrons. The first-order valence-electron chi connectivity index (χ1n) is 6.86. The van der Waals surface area contributed by atoms with Gasteiger partial charge in [0.15, 0.2) is 11.5 Å². The maximum absolute atomic E-state index is 10.9. The highest BCUT2D eigenvalue weighted by Crippen LogP contribution is 2.31. The number of phenols is 2. The molecule has 2 aromatic carbocycles. The van der Waals surface area contributed by atoms with Gasteiger partial charge >= 0.3 is 5.97 Å². The van der Waals surface area contributed by atoms with Gasteiger partial charge in [-0.05, 0) is 42.7 Å². The lowest BCUT2D eigenvalue weighted by molar-refractivity contribution is -0.135. The molecule has 0 spiro atoms. The van der Waals surface area contributed by atoms with Crippen LogP contribution in [-0.2, 0) is 11.2 Å². The van der Waals surface area contributed by atoms with Crippen LogP contribution in [0.15, 0.2) is 36.4 Å². The molecule has 0 fully saturated rings. The zero-order valence-electron chi connectivity index (χ0n) is 12.5. The Bertz CT molecular complexity index is 679. The molecule has 1 aliphatic heterocycles. The Morgan fingerprint density at radius 2 is 1.82 bits per heavy atom. The number of aryl methyl sites for hydroxylation is 2. The number of esters is 1. The summed E-state index contributed by atoms with van der Waals surface area (Å²) in [6.45, 7) is 1.83. The van der Waals surface area contributed by atoms with E-state index in [0.717, 1.165) is 11.1 Å². The lowest BCUT2D eigenvalue weighted by Gasteiger charge is -2.16. The Labute approximate surface area is 128 Å². The lowest BCUT2D eigenvalue weighted by Crippen LogP contribution is -2.15. The summed E-state index contributed by atoms with van der Waals surface area (Å²) in [6.07, 6.45) is 1.13. The first-order valence-corrected chi connectivity index (χ1v) is 6.86. The highest BCUT2D eigenvalue weighted by molar-refractivity contribution is 5.75. The van der Waals surface area contributed by atoms with Gasteiger partial charge in [0.25, 0.3) is 0 Å². The number of ether oxygens (including phenoxy) is 2. The van der Waals surface area contributed by atoms with Crippen molar-refractivity contribution in [2.45, 2.75) is 19.8 Å². The molecule has 0 saturated carbocycles. The number of carbonyl (C=O) groups excluding carboxylic acids is 1. The summed E-state index contributed by atoms with van der Waals surface area (Å²) < 4.78 is 9.76. The minimum Gasteiger partial charge on any atom is -0.508 e. The molecule has 0 unspecified atom stereocenters. The molecule has 0 saturated heterocycles. The van der Waals surface area contributed by atoms with Gasteiger partial charge in [-0.1, -0.05) is 12.1 Å². The second-order valence-corrected chi connectivity index (χ2v) is 4.89. The number of benzene rings is 2. The number of methoxy groups -OCH3 is 1. The van der Waals surface area contributed by atoms with E-state index in [1.54, 1.807) is 24.3 Å². The molecule has 0 atom stereocenters. The Kier molecular flexibility index (Phi) is 4.88. The highest BCUT2D eigenvalue weighted by Gasteiger charge is 2.18. The van der Waals surface area contributed by atoms with Crippen LogP contribution < -0.4 is 9.47 Å². The SMILES string of the molecule is COc1ccccc1O.Cc1cc2c(cc1O)OC(=O)CC2. The minimum absolute atomic E-state index is 0.174. The quantitative estimate of drug-likeness (QED) is 0.625. The maximum Gasteiger partial charge on any atom is 0.311 e. The van der Waals surface area contributed by atoms with Crippen molar-refractivity contribution in [3.8, 4) is 23.0 Å². The van der Waals surface area contributed by atoms with Gasteiger partial charge in [0.1, 0.15) is 11.5 Å². The van der Waals surface area contributed by atoms with Crippen molar-refractivity contribution in [2.75, 3.05) is 7.11 Å². The molecular formula is C17H18O5. The Balaban J connectivity index is 0.000000172. The summed E-state index contributed by atoms with van der Waals surface area (Å²) in [5.41, 5.74) is 1.81. The zero-order valence-corrected chi connectivity index (χ0v) is 12.5. The molecule has 1 aliphatic rings. The molecule has 0 aliphatic carbocycles. The van der Waals surface area contributed by atoms with E-state index in [4.69, 9.17) is 14.6 Å². The van der Waals surface area contributed by atoms with Gasteiger partial charge in [0, 0.05) is 6.07 Å². The van der Waals surface area contributed by atoms with Crippen LogP contribution >= 0.6 is 0 Å². The monoisotopic (exact) mass is 302 g/mol. The van der Waals surface area contributed by atoms with E-state index in [-0.39, 0.29) is 17.5 Å². The molecule has 0 aromatic heterocycles. The average Bonchev–Trinajstić information content (AvgIpc) is 2.50. The van der Waals surface area contributed by atoms with Gasteiger partial charge in [-0.15, -0.1) is 0 Å². The summed E-state index contributed by atoms with van der Waals surface area (Å²) >= 11 is 0. The van der Waals surface area contributed by atoms with E-state index in [2.05, 4.69) is 0 Å². The zero-order chi connectivity index (χ0) is 16.1. The standard InChI is InChI=1S/C10H10O3.C7H8O2/c1-6-4-7-2-3-10(12)13-9(7)5-8(6)11;1-9-7-5-3-2-4-6(7)8/h4-5,11H,2-3H2,1H3;2-5,8H,1H3. The van der Waals surface area contributed by atoms with Crippen molar-refractivity contribution in [3.63, 3.8) is 0 Å². The molecule has 2 aromatic rings. The van der Waals surface area contributed by atoms with Crippen LogP contribution in [0.1, 0.15) is 17.5 Å². The number of aromatic hydroxyl groups is 2. The number of rotatable bonds is 1. The lowest BCUT2D eigenvalue weighted by atomic mass is 10.0. The van der Waals surface area contributed by atoms with Crippen LogP contribution in [0, 0.1) is 6.92 Å². The third kappa shape index (κ3) is 3.69. The van der Waals surface area contributed by atoms with Crippen molar-refractivity contribution < 1.29 is 24.5 Å². The van der Waals surface area contributed by atoms with Crippen LogP contribution in [-0.4, -0.2) is 23.3 Å². The normalized spacial score (nSPS) is 12.5. The fourth-order valence-corrected chi connectivity index (χ4v) is 2.07. The van der Waals surface area contributed by atoms with Crippen LogP contribution in [0.25, 0.3) is 0 Å². The molecule has 5 nitrogen and oxygen atoms in total. The van der Waals surface area contributed by atoms with E-state index in [1.165, 1.54) is 13.2 Å².